The summed E-state index contributed by atoms with van der Waals surface area (Å²) >= 11 is 0. The molecule has 1 aliphatic heterocycles. The number of hydrogen-bond acceptors (Lipinski definition) is 10. The van der Waals surface area contributed by atoms with Crippen LogP contribution in [0.5, 0.6) is 0 Å². The van der Waals surface area contributed by atoms with E-state index in [1.165, 1.54) is 154 Å². The fraction of sp³-hybridized carbons (Fsp3) is 0.821. The lowest BCUT2D eigenvalue weighted by Crippen LogP contribution is -2.61. The van der Waals surface area contributed by atoms with Crippen molar-refractivity contribution in [3.63, 3.8) is 0 Å². The molecule has 0 spiro atoms. The van der Waals surface area contributed by atoms with E-state index in [1.54, 1.807) is 6.08 Å². The number of amides is 1. The van der Waals surface area contributed by atoms with Gasteiger partial charge in [0.1, 0.15) is 24.4 Å². The van der Waals surface area contributed by atoms with Gasteiger partial charge in [0.15, 0.2) is 12.4 Å². The monoisotopic (exact) mass is 1100 g/mol. The van der Waals surface area contributed by atoms with Crippen molar-refractivity contribution in [2.75, 3.05) is 13.2 Å². The third-order valence-corrected chi connectivity index (χ3v) is 15.2. The number of ether oxygens (including phenoxy) is 3. The number of hydrogen-bond donors (Lipinski definition) is 6. The fourth-order valence-corrected chi connectivity index (χ4v) is 9.99. The minimum Gasteiger partial charge on any atom is -0.454 e. The zero-order valence-electron chi connectivity index (χ0n) is 50.3. The summed E-state index contributed by atoms with van der Waals surface area (Å²) in [6.07, 6.45) is 58.2. The van der Waals surface area contributed by atoms with Gasteiger partial charge in [0.2, 0.25) is 5.91 Å². The molecule has 0 aromatic heterocycles. The third-order valence-electron chi connectivity index (χ3n) is 15.2. The van der Waals surface area contributed by atoms with E-state index in [-0.39, 0.29) is 13.0 Å². The van der Waals surface area contributed by atoms with Crippen LogP contribution in [0.15, 0.2) is 60.8 Å². The molecule has 0 aromatic carbocycles. The van der Waals surface area contributed by atoms with Gasteiger partial charge in [-0.15, -0.1) is 0 Å². The summed E-state index contributed by atoms with van der Waals surface area (Å²) in [5.74, 6) is -1.21. The molecule has 11 nitrogen and oxygen atoms in total. The van der Waals surface area contributed by atoms with E-state index in [1.807, 2.05) is 6.08 Å². The Balaban J connectivity index is 2.66. The topological polar surface area (TPSA) is 175 Å². The molecule has 0 saturated carbocycles. The molecule has 78 heavy (non-hydrogen) atoms. The molecule has 1 heterocycles. The Morgan fingerprint density at radius 2 is 0.885 bits per heavy atom. The second-order valence-electron chi connectivity index (χ2n) is 22.5. The fourth-order valence-electron chi connectivity index (χ4n) is 9.99. The average molecular weight is 1100 g/mol. The highest BCUT2D eigenvalue weighted by molar-refractivity contribution is 5.80. The molecular weight excluding hydrogens is 979 g/mol. The predicted octanol–water partition coefficient (Wildman–Crippen LogP) is 15.8. The Bertz CT molecular complexity index is 1500. The van der Waals surface area contributed by atoms with E-state index in [0.717, 1.165) is 89.9 Å². The first-order valence-corrected chi connectivity index (χ1v) is 32.6. The standard InChI is InChI=1S/C67H121NO10/c1-4-7-10-13-16-19-22-25-27-29-30-31-32-33-35-37-40-43-46-49-52-55-62(72)78-65-64(74)63(73)61(56-69)77-67(65)76-57-58(59(70)53-50-47-44-41-38-24-21-18-15-12-9-6-3)68-66(75)60(71)54-51-48-45-42-39-36-34-28-26-23-20-17-14-11-8-5-2/h16,19,25,27,30-31,33,35,50,53,58-61,63-65,67,69-71,73-74H,4-15,17-18,20-24,26,28-29,32,34,36-49,51-52,54-57H2,1-3H3,(H,68,75)/b19-16-,27-25-,31-30-,35-33-,53-50+. The molecule has 1 fully saturated rings. The van der Waals surface area contributed by atoms with Crippen molar-refractivity contribution in [2.24, 2.45) is 0 Å². The van der Waals surface area contributed by atoms with Gasteiger partial charge < -0.3 is 45.1 Å². The predicted molar refractivity (Wildman–Crippen MR) is 324 cm³/mol. The summed E-state index contributed by atoms with van der Waals surface area (Å²) in [6, 6.07) is -1.03. The van der Waals surface area contributed by atoms with Crippen LogP contribution in [0.25, 0.3) is 0 Å². The maximum absolute atomic E-state index is 13.4. The molecule has 1 saturated heterocycles. The summed E-state index contributed by atoms with van der Waals surface area (Å²) < 4.78 is 17.6. The smallest absolute Gasteiger partial charge is 0.306 e. The van der Waals surface area contributed by atoms with E-state index in [2.05, 4.69) is 74.7 Å². The van der Waals surface area contributed by atoms with Gasteiger partial charge in [0.05, 0.1) is 25.4 Å². The lowest BCUT2D eigenvalue weighted by molar-refractivity contribution is -0.305. The Hall–Kier alpha value is -2.64. The summed E-state index contributed by atoms with van der Waals surface area (Å²) in [5, 5.41) is 57.0. The van der Waals surface area contributed by atoms with Gasteiger partial charge in [0, 0.05) is 6.42 Å². The first-order chi connectivity index (χ1) is 38.2. The second-order valence-corrected chi connectivity index (χ2v) is 22.5. The minimum atomic E-state index is -1.62. The highest BCUT2D eigenvalue weighted by atomic mass is 16.7. The van der Waals surface area contributed by atoms with Crippen molar-refractivity contribution >= 4 is 11.9 Å². The van der Waals surface area contributed by atoms with Crippen molar-refractivity contribution in [1.82, 2.24) is 5.32 Å². The molecule has 454 valence electrons. The number of allylic oxidation sites excluding steroid dienone is 9. The number of rotatable bonds is 55. The lowest BCUT2D eigenvalue weighted by atomic mass is 9.99. The second kappa shape index (κ2) is 54.9. The van der Waals surface area contributed by atoms with Crippen molar-refractivity contribution in [1.29, 1.82) is 0 Å². The molecule has 0 bridgehead atoms. The Morgan fingerprint density at radius 1 is 0.500 bits per heavy atom. The van der Waals surface area contributed by atoms with E-state index < -0.39 is 67.4 Å². The van der Waals surface area contributed by atoms with Crippen molar-refractivity contribution in [3.8, 4) is 0 Å². The number of aliphatic hydroxyl groups excluding tert-OH is 5. The molecule has 8 unspecified atom stereocenters. The molecule has 8 atom stereocenters. The van der Waals surface area contributed by atoms with E-state index in [0.29, 0.717) is 19.3 Å². The molecule has 1 rings (SSSR count). The van der Waals surface area contributed by atoms with Crippen LogP contribution in [0.4, 0.5) is 0 Å². The average Bonchev–Trinajstić information content (AvgIpc) is 3.45. The van der Waals surface area contributed by atoms with Gasteiger partial charge in [-0.1, -0.05) is 274 Å². The summed E-state index contributed by atoms with van der Waals surface area (Å²) in [6.45, 7) is 5.77. The summed E-state index contributed by atoms with van der Waals surface area (Å²) in [4.78, 5) is 26.6. The minimum absolute atomic E-state index is 0.102. The zero-order valence-corrected chi connectivity index (χ0v) is 50.3. The molecule has 0 aromatic rings. The van der Waals surface area contributed by atoms with E-state index in [9.17, 15) is 35.1 Å². The molecule has 1 amide bonds. The van der Waals surface area contributed by atoms with Crippen molar-refractivity contribution < 1.29 is 49.3 Å². The molecule has 0 radical (unpaired) electrons. The Labute approximate surface area is 478 Å². The van der Waals surface area contributed by atoms with Crippen LogP contribution in [0, 0.1) is 0 Å². The van der Waals surface area contributed by atoms with Gasteiger partial charge in [-0.2, -0.15) is 0 Å². The van der Waals surface area contributed by atoms with Crippen molar-refractivity contribution in [2.45, 2.75) is 339 Å². The number of aliphatic hydroxyl groups is 5. The highest BCUT2D eigenvalue weighted by Gasteiger charge is 2.47. The van der Waals surface area contributed by atoms with Gasteiger partial charge in [-0.25, -0.2) is 0 Å². The Morgan fingerprint density at radius 3 is 1.35 bits per heavy atom. The van der Waals surface area contributed by atoms with Crippen LogP contribution in [0.1, 0.15) is 290 Å². The van der Waals surface area contributed by atoms with Crippen LogP contribution in [-0.2, 0) is 23.8 Å². The maximum Gasteiger partial charge on any atom is 0.306 e. The van der Waals surface area contributed by atoms with Gasteiger partial charge in [0.25, 0.3) is 0 Å². The number of nitrogens with one attached hydrogen (secondary N) is 1. The summed E-state index contributed by atoms with van der Waals surface area (Å²) in [7, 11) is 0. The Kier molecular flexibility index (Phi) is 51.7. The maximum atomic E-state index is 13.4. The zero-order chi connectivity index (χ0) is 56.8. The van der Waals surface area contributed by atoms with Crippen LogP contribution >= 0.6 is 0 Å². The highest BCUT2D eigenvalue weighted by Crippen LogP contribution is 2.26. The SMILES string of the molecule is CCCCC/C=C\C/C=C\C/C=C\C/C=C\CCCCCCCC(=O)OC1C(OCC(NC(=O)C(O)CCCCCCCCCCCCCCCCCC)C(O)/C=C/CCCCCCCCCCCC)OC(CO)C(O)C1O. The van der Waals surface area contributed by atoms with Crippen molar-refractivity contribution in [3.05, 3.63) is 60.8 Å². The summed E-state index contributed by atoms with van der Waals surface area (Å²) in [5.41, 5.74) is 0. The quantitative estimate of drug-likeness (QED) is 0.0195. The molecule has 1 aliphatic rings. The van der Waals surface area contributed by atoms with Gasteiger partial charge in [-0.05, 0) is 70.6 Å². The van der Waals surface area contributed by atoms with E-state index >= 15 is 0 Å². The van der Waals surface area contributed by atoms with Crippen LogP contribution < -0.4 is 5.32 Å². The largest absolute Gasteiger partial charge is 0.454 e. The molecule has 11 heteroatoms. The first-order valence-electron chi connectivity index (χ1n) is 32.6. The number of carbonyl (C=O) groups is 2. The van der Waals surface area contributed by atoms with Crippen LogP contribution in [0.2, 0.25) is 0 Å². The normalized spacial score (nSPS) is 19.3. The number of carbonyl (C=O) groups excluding carboxylic acids is 2. The lowest BCUT2D eigenvalue weighted by Gasteiger charge is -2.41. The van der Waals surface area contributed by atoms with Gasteiger partial charge in [-0.3, -0.25) is 9.59 Å². The third kappa shape index (κ3) is 42.2. The first kappa shape index (κ1) is 73.4. The number of unbranched alkanes of at least 4 members (excludes halogenated alkanes) is 33. The molecule has 6 N–H and O–H groups in total. The number of esters is 1. The van der Waals surface area contributed by atoms with E-state index in [4.69, 9.17) is 14.2 Å². The van der Waals surface area contributed by atoms with Crippen LogP contribution in [-0.4, -0.2) is 99.6 Å². The molecular formula is C67H121NO10. The molecule has 0 aliphatic carbocycles. The van der Waals surface area contributed by atoms with Crippen LogP contribution in [0.3, 0.4) is 0 Å². The van der Waals surface area contributed by atoms with Gasteiger partial charge >= 0.3 is 5.97 Å².